The van der Waals surface area contributed by atoms with Gasteiger partial charge in [-0.1, -0.05) is 30.3 Å². The van der Waals surface area contributed by atoms with Crippen LogP contribution in [0.1, 0.15) is 32.4 Å². The summed E-state index contributed by atoms with van der Waals surface area (Å²) in [6.07, 6.45) is 0.598. The minimum absolute atomic E-state index is 0. The first-order chi connectivity index (χ1) is 11.6. The molecular formula is C19H27Cl2N3OS. The first-order valence-electron chi connectivity index (χ1n) is 8.57. The van der Waals surface area contributed by atoms with Crippen LogP contribution in [0.25, 0.3) is 0 Å². The fraction of sp³-hybridized carbons (Fsp3) is 0.474. The third kappa shape index (κ3) is 6.32. The van der Waals surface area contributed by atoms with Crippen molar-refractivity contribution >= 4 is 41.9 Å². The number of Topliss-reactive ketones (excluding diaryl/α,β-unsaturated/α-hetero) is 1. The third-order valence-corrected chi connectivity index (χ3v) is 5.64. The molecule has 0 saturated carbocycles. The number of piperazine rings is 1. The number of carbonyl (C=O) groups is 1. The van der Waals surface area contributed by atoms with E-state index in [1.165, 1.54) is 16.9 Å². The molecule has 26 heavy (non-hydrogen) atoms. The van der Waals surface area contributed by atoms with Crippen LogP contribution in [-0.4, -0.2) is 53.3 Å². The summed E-state index contributed by atoms with van der Waals surface area (Å²) in [7, 11) is 0. The van der Waals surface area contributed by atoms with E-state index in [4.69, 9.17) is 0 Å². The Bertz CT molecular complexity index is 685. The van der Waals surface area contributed by atoms with Gasteiger partial charge in [-0.2, -0.15) is 0 Å². The van der Waals surface area contributed by atoms with Crippen LogP contribution in [0.5, 0.6) is 0 Å². The minimum Gasteiger partial charge on any atom is -0.300 e. The van der Waals surface area contributed by atoms with Gasteiger partial charge in [0.2, 0.25) is 0 Å². The van der Waals surface area contributed by atoms with E-state index in [9.17, 15) is 4.79 Å². The van der Waals surface area contributed by atoms with Gasteiger partial charge < -0.3 is 4.90 Å². The van der Waals surface area contributed by atoms with Gasteiger partial charge in [0, 0.05) is 45.7 Å². The maximum absolute atomic E-state index is 12.4. The van der Waals surface area contributed by atoms with Gasteiger partial charge in [0.1, 0.15) is 0 Å². The zero-order valence-electron chi connectivity index (χ0n) is 15.3. The number of thiazole rings is 1. The van der Waals surface area contributed by atoms with Crippen molar-refractivity contribution < 1.29 is 4.79 Å². The second kappa shape index (κ2) is 11.0. The summed E-state index contributed by atoms with van der Waals surface area (Å²) in [5.41, 5.74) is 2.26. The van der Waals surface area contributed by atoms with Crippen LogP contribution in [0.15, 0.2) is 30.3 Å². The lowest BCUT2D eigenvalue weighted by molar-refractivity contribution is 0.0925. The van der Waals surface area contributed by atoms with Gasteiger partial charge in [0.25, 0.3) is 0 Å². The SMILES string of the molecule is Cc1nc(C)c(C(=O)CCN2CCN(Cc3ccccc3)CC2)s1.Cl.Cl. The number of carbonyl (C=O) groups excluding carboxylic acids is 1. The highest BCUT2D eigenvalue weighted by atomic mass is 35.5. The van der Waals surface area contributed by atoms with Crippen LogP contribution in [0.3, 0.4) is 0 Å². The number of hydrogen-bond acceptors (Lipinski definition) is 5. The molecule has 1 aromatic carbocycles. The number of nitrogens with zero attached hydrogens (tertiary/aromatic N) is 3. The van der Waals surface area contributed by atoms with Crippen molar-refractivity contribution in [2.45, 2.75) is 26.8 Å². The average molecular weight is 416 g/mol. The molecule has 0 radical (unpaired) electrons. The van der Waals surface area contributed by atoms with Crippen LogP contribution in [0.2, 0.25) is 0 Å². The molecule has 0 N–H and O–H groups in total. The molecule has 7 heteroatoms. The Kier molecular flexibility index (Phi) is 9.75. The highest BCUT2D eigenvalue weighted by molar-refractivity contribution is 7.13. The predicted octanol–water partition coefficient (Wildman–Crippen LogP) is 3.99. The Morgan fingerprint density at radius 3 is 2.23 bits per heavy atom. The van der Waals surface area contributed by atoms with Gasteiger partial charge in [-0.3, -0.25) is 9.69 Å². The molecule has 0 bridgehead atoms. The van der Waals surface area contributed by atoms with Crippen LogP contribution in [0.4, 0.5) is 0 Å². The molecule has 0 spiro atoms. The van der Waals surface area contributed by atoms with E-state index in [2.05, 4.69) is 45.1 Å². The van der Waals surface area contributed by atoms with Crippen molar-refractivity contribution in [3.05, 3.63) is 51.5 Å². The summed E-state index contributed by atoms with van der Waals surface area (Å²) < 4.78 is 0. The Morgan fingerprint density at radius 2 is 1.65 bits per heavy atom. The molecule has 2 aromatic rings. The van der Waals surface area contributed by atoms with Gasteiger partial charge >= 0.3 is 0 Å². The largest absolute Gasteiger partial charge is 0.300 e. The van der Waals surface area contributed by atoms with Crippen LogP contribution >= 0.6 is 36.2 Å². The third-order valence-electron chi connectivity index (χ3n) is 4.53. The summed E-state index contributed by atoms with van der Waals surface area (Å²) in [5.74, 6) is 0.241. The highest BCUT2D eigenvalue weighted by Crippen LogP contribution is 2.19. The first-order valence-corrected chi connectivity index (χ1v) is 9.39. The Balaban J connectivity index is 0.00000169. The molecule has 0 atom stereocenters. The number of halogens is 2. The lowest BCUT2D eigenvalue weighted by Gasteiger charge is -2.34. The Hall–Kier alpha value is -0.980. The van der Waals surface area contributed by atoms with Crippen LogP contribution < -0.4 is 0 Å². The molecule has 1 aliphatic heterocycles. The number of hydrogen-bond donors (Lipinski definition) is 0. The second-order valence-electron chi connectivity index (χ2n) is 6.42. The number of ketones is 1. The molecule has 144 valence electrons. The van der Waals surface area contributed by atoms with Gasteiger partial charge in [-0.05, 0) is 19.4 Å². The van der Waals surface area contributed by atoms with E-state index in [0.29, 0.717) is 6.42 Å². The van der Waals surface area contributed by atoms with Crippen molar-refractivity contribution in [1.82, 2.24) is 14.8 Å². The monoisotopic (exact) mass is 415 g/mol. The van der Waals surface area contributed by atoms with E-state index in [0.717, 1.165) is 54.8 Å². The summed E-state index contributed by atoms with van der Waals surface area (Å²) >= 11 is 1.52. The average Bonchev–Trinajstić information content (AvgIpc) is 2.93. The van der Waals surface area contributed by atoms with Crippen LogP contribution in [-0.2, 0) is 6.54 Å². The van der Waals surface area contributed by atoms with Crippen molar-refractivity contribution in [2.75, 3.05) is 32.7 Å². The molecule has 4 nitrogen and oxygen atoms in total. The lowest BCUT2D eigenvalue weighted by atomic mass is 10.2. The van der Waals surface area contributed by atoms with E-state index in [1.807, 2.05) is 13.8 Å². The topological polar surface area (TPSA) is 36.4 Å². The molecule has 2 heterocycles. The minimum atomic E-state index is 0. The number of aromatic nitrogens is 1. The maximum atomic E-state index is 12.4. The number of aryl methyl sites for hydroxylation is 2. The fourth-order valence-corrected chi connectivity index (χ4v) is 4.06. The molecule has 3 rings (SSSR count). The molecular weight excluding hydrogens is 389 g/mol. The van der Waals surface area contributed by atoms with E-state index in [1.54, 1.807) is 0 Å². The van der Waals surface area contributed by atoms with E-state index < -0.39 is 0 Å². The molecule has 0 amide bonds. The van der Waals surface area contributed by atoms with Crippen molar-refractivity contribution in [3.63, 3.8) is 0 Å². The summed E-state index contributed by atoms with van der Waals surface area (Å²) in [5, 5.41) is 0.977. The standard InChI is InChI=1S/C19H25N3OS.2ClH/c1-15-19(24-16(2)20-15)18(23)8-9-21-10-12-22(13-11-21)14-17-6-4-3-5-7-17;;/h3-7H,8-14H2,1-2H3;2*1H. The summed E-state index contributed by atoms with van der Waals surface area (Å²) in [6.45, 7) is 9.99. The van der Waals surface area contributed by atoms with Crippen molar-refractivity contribution in [3.8, 4) is 0 Å². The molecule has 1 fully saturated rings. The first kappa shape index (κ1) is 23.1. The number of rotatable bonds is 6. The maximum Gasteiger partial charge on any atom is 0.175 e. The van der Waals surface area contributed by atoms with Gasteiger partial charge in [0.15, 0.2) is 5.78 Å². The second-order valence-corrected chi connectivity index (χ2v) is 7.63. The van der Waals surface area contributed by atoms with Gasteiger partial charge in [-0.25, -0.2) is 4.98 Å². The predicted molar refractivity (Wildman–Crippen MR) is 113 cm³/mol. The number of benzene rings is 1. The Labute approximate surface area is 172 Å². The van der Waals surface area contributed by atoms with Gasteiger partial charge in [-0.15, -0.1) is 36.2 Å². The van der Waals surface area contributed by atoms with E-state index in [-0.39, 0.29) is 30.6 Å². The highest BCUT2D eigenvalue weighted by Gasteiger charge is 2.19. The zero-order chi connectivity index (χ0) is 16.9. The van der Waals surface area contributed by atoms with E-state index >= 15 is 0 Å². The normalized spacial score (nSPS) is 15.2. The molecule has 1 aliphatic rings. The van der Waals surface area contributed by atoms with Crippen molar-refractivity contribution in [2.24, 2.45) is 0 Å². The zero-order valence-corrected chi connectivity index (χ0v) is 17.8. The molecule has 0 aliphatic carbocycles. The van der Waals surface area contributed by atoms with Gasteiger partial charge in [0.05, 0.1) is 15.6 Å². The quantitative estimate of drug-likeness (QED) is 0.668. The molecule has 1 saturated heterocycles. The smallest absolute Gasteiger partial charge is 0.175 e. The summed E-state index contributed by atoms with van der Waals surface area (Å²) in [6, 6.07) is 10.6. The van der Waals surface area contributed by atoms with Crippen molar-refractivity contribution in [1.29, 1.82) is 0 Å². The van der Waals surface area contributed by atoms with Crippen LogP contribution in [0, 0.1) is 13.8 Å². The fourth-order valence-electron chi connectivity index (χ4n) is 3.18. The summed E-state index contributed by atoms with van der Waals surface area (Å²) in [4.78, 5) is 22.5. The Morgan fingerprint density at radius 1 is 1.04 bits per heavy atom. The lowest BCUT2D eigenvalue weighted by Crippen LogP contribution is -2.46. The molecule has 0 unspecified atom stereocenters. The molecule has 1 aromatic heterocycles.